The van der Waals surface area contributed by atoms with Crippen LogP contribution in [0, 0.1) is 0 Å². The van der Waals surface area contributed by atoms with Gasteiger partial charge >= 0.3 is 0 Å². The first-order valence-electron chi connectivity index (χ1n) is 7.16. The number of nitrogens with one attached hydrogen (secondary N) is 1. The number of anilines is 1. The average Bonchev–Trinajstić information content (AvgIpc) is 2.80. The van der Waals surface area contributed by atoms with E-state index in [9.17, 15) is 4.79 Å². The van der Waals surface area contributed by atoms with Crippen LogP contribution in [0.15, 0.2) is 24.3 Å². The molecule has 124 valence electrons. The first kappa shape index (κ1) is 18.1. The molecule has 23 heavy (non-hydrogen) atoms. The lowest BCUT2D eigenvalue weighted by molar-refractivity contribution is 0.0950. The number of amides is 1. The summed E-state index contributed by atoms with van der Waals surface area (Å²) in [6.07, 6.45) is 0.874. The molecule has 0 unspecified atom stereocenters. The van der Waals surface area contributed by atoms with Crippen LogP contribution >= 0.6 is 35.3 Å². The summed E-state index contributed by atoms with van der Waals surface area (Å²) in [5.74, 6) is -0.0977. The minimum atomic E-state index is -0.0977. The van der Waals surface area contributed by atoms with E-state index in [2.05, 4.69) is 17.3 Å². The molecule has 1 aliphatic heterocycles. The third kappa shape index (κ3) is 3.98. The monoisotopic (exact) mass is 371 g/mol. The second kappa shape index (κ2) is 7.53. The van der Waals surface area contributed by atoms with Crippen LogP contribution in [0.1, 0.15) is 26.4 Å². The number of rotatable bonds is 3. The van der Waals surface area contributed by atoms with Gasteiger partial charge in [0.1, 0.15) is 0 Å². The fourth-order valence-electron chi connectivity index (χ4n) is 2.72. The van der Waals surface area contributed by atoms with Crippen LogP contribution in [0.5, 0.6) is 0 Å². The molecule has 0 radical (unpaired) electrons. The van der Waals surface area contributed by atoms with Crippen molar-refractivity contribution in [2.75, 3.05) is 19.3 Å². The highest BCUT2D eigenvalue weighted by Crippen LogP contribution is 2.34. The number of carbonyl (C=O) groups is 1. The highest BCUT2D eigenvalue weighted by molar-refractivity contribution is 7.16. The number of nitrogens with two attached hydrogens (primary N) is 1. The zero-order valence-corrected chi connectivity index (χ0v) is 15.2. The molecule has 1 aromatic heterocycles. The molecule has 3 rings (SSSR count). The summed E-state index contributed by atoms with van der Waals surface area (Å²) in [6.45, 7) is 2.27. The van der Waals surface area contributed by atoms with Crippen molar-refractivity contribution in [1.29, 1.82) is 0 Å². The molecule has 0 aliphatic carbocycles. The Kier molecular flexibility index (Phi) is 5.92. The average molecular weight is 372 g/mol. The van der Waals surface area contributed by atoms with Crippen LogP contribution in [0.3, 0.4) is 0 Å². The van der Waals surface area contributed by atoms with Crippen LogP contribution < -0.4 is 11.1 Å². The Morgan fingerprint density at radius 1 is 1.48 bits per heavy atom. The Bertz CT molecular complexity index is 717. The summed E-state index contributed by atoms with van der Waals surface area (Å²) in [5.41, 5.74) is 8.83. The Hall–Kier alpha value is -1.27. The maximum Gasteiger partial charge on any atom is 0.254 e. The number of likely N-dealkylation sites (N-methyl/N-ethyl adjacent to an activating group) is 1. The van der Waals surface area contributed by atoms with Gasteiger partial charge in [-0.1, -0.05) is 23.7 Å². The van der Waals surface area contributed by atoms with Crippen molar-refractivity contribution in [3.05, 3.63) is 50.9 Å². The van der Waals surface area contributed by atoms with Crippen molar-refractivity contribution in [2.24, 2.45) is 0 Å². The molecule has 7 heteroatoms. The third-order valence-electron chi connectivity index (χ3n) is 3.84. The number of fused-ring (bicyclic) bond motifs is 1. The molecule has 0 bridgehead atoms. The van der Waals surface area contributed by atoms with Gasteiger partial charge < -0.3 is 16.0 Å². The highest BCUT2D eigenvalue weighted by Gasteiger charge is 2.25. The van der Waals surface area contributed by atoms with Crippen molar-refractivity contribution >= 4 is 46.3 Å². The van der Waals surface area contributed by atoms with Crippen molar-refractivity contribution in [3.63, 3.8) is 0 Å². The molecule has 1 aliphatic rings. The topological polar surface area (TPSA) is 58.4 Å². The number of thiophene rings is 1. The zero-order chi connectivity index (χ0) is 15.7. The van der Waals surface area contributed by atoms with Crippen LogP contribution in [-0.4, -0.2) is 24.4 Å². The molecule has 0 atom stereocenters. The molecule has 0 spiro atoms. The molecule has 1 aromatic carbocycles. The van der Waals surface area contributed by atoms with E-state index in [-0.39, 0.29) is 18.3 Å². The van der Waals surface area contributed by atoms with Gasteiger partial charge in [0.05, 0.1) is 10.6 Å². The number of nitrogen functional groups attached to an aromatic ring is 1. The summed E-state index contributed by atoms with van der Waals surface area (Å²) >= 11 is 7.48. The van der Waals surface area contributed by atoms with Gasteiger partial charge in [-0.2, -0.15) is 0 Å². The van der Waals surface area contributed by atoms with Gasteiger partial charge in [-0.25, -0.2) is 0 Å². The van der Waals surface area contributed by atoms with Crippen LogP contribution in [0.25, 0.3) is 0 Å². The lowest BCUT2D eigenvalue weighted by Gasteiger charge is -2.22. The highest BCUT2D eigenvalue weighted by atomic mass is 35.5. The SMILES string of the molecule is CN1CCc2c(sc(N)c2C(=O)NCc2cccc(Cl)c2)C1.Cl. The minimum Gasteiger partial charge on any atom is -0.390 e. The van der Waals surface area contributed by atoms with E-state index < -0.39 is 0 Å². The van der Waals surface area contributed by atoms with E-state index in [4.69, 9.17) is 17.3 Å². The fourth-order valence-corrected chi connectivity index (χ4v) is 4.13. The molecule has 2 aromatic rings. The van der Waals surface area contributed by atoms with Crippen molar-refractivity contribution in [1.82, 2.24) is 10.2 Å². The van der Waals surface area contributed by atoms with Crippen molar-refractivity contribution in [3.8, 4) is 0 Å². The first-order valence-corrected chi connectivity index (χ1v) is 8.35. The third-order valence-corrected chi connectivity index (χ3v) is 5.13. The summed E-state index contributed by atoms with van der Waals surface area (Å²) in [4.78, 5) is 16.0. The lowest BCUT2D eigenvalue weighted by Crippen LogP contribution is -2.28. The van der Waals surface area contributed by atoms with Gasteiger partial charge in [0.15, 0.2) is 0 Å². The quantitative estimate of drug-likeness (QED) is 0.869. The molecule has 2 heterocycles. The maximum atomic E-state index is 12.5. The van der Waals surface area contributed by atoms with Crippen LogP contribution in [-0.2, 0) is 19.5 Å². The van der Waals surface area contributed by atoms with E-state index in [0.29, 0.717) is 22.1 Å². The van der Waals surface area contributed by atoms with E-state index >= 15 is 0 Å². The molecule has 4 nitrogen and oxygen atoms in total. The van der Waals surface area contributed by atoms with Crippen LogP contribution in [0.2, 0.25) is 5.02 Å². The van der Waals surface area contributed by atoms with Gasteiger partial charge in [-0.3, -0.25) is 4.79 Å². The minimum absolute atomic E-state index is 0. The van der Waals surface area contributed by atoms with E-state index in [1.54, 1.807) is 0 Å². The summed E-state index contributed by atoms with van der Waals surface area (Å²) in [6, 6.07) is 7.48. The number of nitrogens with zero attached hydrogens (tertiary/aromatic N) is 1. The lowest BCUT2D eigenvalue weighted by atomic mass is 10.0. The molecule has 0 saturated carbocycles. The molecular formula is C16H19Cl2N3OS. The second-order valence-corrected chi connectivity index (χ2v) is 7.12. The molecule has 1 amide bonds. The summed E-state index contributed by atoms with van der Waals surface area (Å²) in [5, 5.41) is 4.23. The first-order chi connectivity index (χ1) is 10.5. The Morgan fingerprint density at radius 2 is 2.26 bits per heavy atom. The van der Waals surface area contributed by atoms with Gasteiger partial charge in [0, 0.05) is 29.5 Å². The van der Waals surface area contributed by atoms with Crippen molar-refractivity contribution in [2.45, 2.75) is 19.5 Å². The predicted octanol–water partition coefficient (Wildman–Crippen LogP) is 3.32. The van der Waals surface area contributed by atoms with Crippen molar-refractivity contribution < 1.29 is 4.79 Å². The number of hydrogen-bond donors (Lipinski definition) is 2. The normalized spacial score (nSPS) is 14.0. The van der Waals surface area contributed by atoms with E-state index in [1.807, 2.05) is 24.3 Å². The Balaban J connectivity index is 0.00000192. The smallest absolute Gasteiger partial charge is 0.254 e. The van der Waals surface area contributed by atoms with Gasteiger partial charge in [0.2, 0.25) is 0 Å². The standard InChI is InChI=1S/C16H18ClN3OS.ClH/c1-20-6-5-12-13(9-20)22-15(18)14(12)16(21)19-8-10-3-2-4-11(17)7-10;/h2-4,7H,5-6,8-9,18H2,1H3,(H,19,21);1H. The molecule has 0 fully saturated rings. The number of benzene rings is 1. The Labute approximate surface area is 151 Å². The van der Waals surface area contributed by atoms with E-state index in [1.165, 1.54) is 16.2 Å². The number of hydrogen-bond acceptors (Lipinski definition) is 4. The summed E-state index contributed by atoms with van der Waals surface area (Å²) < 4.78 is 0. The van der Waals surface area contributed by atoms with Crippen LogP contribution in [0.4, 0.5) is 5.00 Å². The van der Waals surface area contributed by atoms with Gasteiger partial charge in [0.25, 0.3) is 5.91 Å². The largest absolute Gasteiger partial charge is 0.390 e. The van der Waals surface area contributed by atoms with Gasteiger partial charge in [-0.15, -0.1) is 23.7 Å². The van der Waals surface area contributed by atoms with Gasteiger partial charge in [-0.05, 0) is 36.7 Å². The maximum absolute atomic E-state index is 12.5. The summed E-state index contributed by atoms with van der Waals surface area (Å²) in [7, 11) is 2.08. The number of halogens is 2. The Morgan fingerprint density at radius 3 is 3.00 bits per heavy atom. The fraction of sp³-hybridized carbons (Fsp3) is 0.312. The second-order valence-electron chi connectivity index (χ2n) is 5.54. The molecular weight excluding hydrogens is 353 g/mol. The molecule has 0 saturated heterocycles. The predicted molar refractivity (Wildman–Crippen MR) is 98.6 cm³/mol. The van der Waals surface area contributed by atoms with E-state index in [0.717, 1.165) is 30.6 Å². The molecule has 3 N–H and O–H groups in total. The number of carbonyl (C=O) groups excluding carboxylic acids is 1. The zero-order valence-electron chi connectivity index (χ0n) is 12.8.